The van der Waals surface area contributed by atoms with Crippen LogP contribution in [0.2, 0.25) is 0 Å². The molecular formula is C11H18N4S. The Morgan fingerprint density at radius 2 is 2.19 bits per heavy atom. The fraction of sp³-hybridized carbons (Fsp3) is 0.636. The van der Waals surface area contributed by atoms with Gasteiger partial charge in [-0.05, 0) is 25.5 Å². The molecule has 0 saturated carbocycles. The average molecular weight is 238 g/mol. The Labute approximate surface area is 101 Å². The molecule has 5 heteroatoms. The highest BCUT2D eigenvalue weighted by Gasteiger charge is 2.27. The van der Waals surface area contributed by atoms with E-state index >= 15 is 0 Å². The molecule has 1 fully saturated rings. The third-order valence-corrected chi connectivity index (χ3v) is 3.52. The van der Waals surface area contributed by atoms with E-state index in [4.69, 9.17) is 5.73 Å². The minimum atomic E-state index is 0.541. The van der Waals surface area contributed by atoms with Crippen molar-refractivity contribution in [3.63, 3.8) is 0 Å². The normalized spacial score (nSPS) is 25.1. The third kappa shape index (κ3) is 2.24. The Morgan fingerprint density at radius 1 is 1.44 bits per heavy atom. The number of anilines is 2. The van der Waals surface area contributed by atoms with Gasteiger partial charge in [-0.1, -0.05) is 18.7 Å². The Kier molecular flexibility index (Phi) is 3.23. The van der Waals surface area contributed by atoms with Gasteiger partial charge in [0.1, 0.15) is 11.6 Å². The Hall–Kier alpha value is -0.970. The number of hydrogen-bond acceptors (Lipinski definition) is 5. The zero-order chi connectivity index (χ0) is 11.7. The number of rotatable bonds is 2. The van der Waals surface area contributed by atoms with Gasteiger partial charge in [0.2, 0.25) is 0 Å². The molecule has 0 aliphatic carbocycles. The molecule has 1 saturated heterocycles. The molecule has 1 aliphatic heterocycles. The summed E-state index contributed by atoms with van der Waals surface area (Å²) >= 11 is 1.53. The first-order valence-electron chi connectivity index (χ1n) is 5.55. The first-order valence-corrected chi connectivity index (χ1v) is 6.78. The molecule has 2 N–H and O–H groups in total. The van der Waals surface area contributed by atoms with Gasteiger partial charge in [0.05, 0.1) is 0 Å². The number of thioether (sulfide) groups is 1. The van der Waals surface area contributed by atoms with Gasteiger partial charge >= 0.3 is 0 Å². The third-order valence-electron chi connectivity index (χ3n) is 2.97. The van der Waals surface area contributed by atoms with E-state index in [0.29, 0.717) is 11.9 Å². The van der Waals surface area contributed by atoms with Crippen LogP contribution < -0.4 is 10.6 Å². The van der Waals surface area contributed by atoms with Crippen LogP contribution in [0.25, 0.3) is 0 Å². The Morgan fingerprint density at radius 3 is 2.75 bits per heavy atom. The van der Waals surface area contributed by atoms with Crippen molar-refractivity contribution in [1.82, 2.24) is 9.97 Å². The van der Waals surface area contributed by atoms with Gasteiger partial charge in [-0.15, -0.1) is 0 Å². The van der Waals surface area contributed by atoms with Crippen LogP contribution in [0, 0.1) is 5.92 Å². The largest absolute Gasteiger partial charge is 0.383 e. The summed E-state index contributed by atoms with van der Waals surface area (Å²) in [5.41, 5.74) is 5.79. The Balaban J connectivity index is 2.29. The van der Waals surface area contributed by atoms with Gasteiger partial charge in [0, 0.05) is 18.7 Å². The van der Waals surface area contributed by atoms with Crippen LogP contribution in [-0.2, 0) is 0 Å². The Bertz CT molecular complexity index is 382. The lowest BCUT2D eigenvalue weighted by molar-refractivity contribution is 0.625. The smallest absolute Gasteiger partial charge is 0.191 e. The lowest BCUT2D eigenvalue weighted by atomic mass is 10.1. The number of nitrogens with zero attached hydrogens (tertiary/aromatic N) is 3. The minimum Gasteiger partial charge on any atom is -0.383 e. The van der Waals surface area contributed by atoms with E-state index in [-0.39, 0.29) is 0 Å². The molecule has 2 rings (SSSR count). The number of hydrogen-bond donors (Lipinski definition) is 1. The van der Waals surface area contributed by atoms with Gasteiger partial charge in [-0.25, -0.2) is 9.97 Å². The van der Waals surface area contributed by atoms with E-state index in [1.165, 1.54) is 18.2 Å². The van der Waals surface area contributed by atoms with E-state index < -0.39 is 0 Å². The molecule has 0 spiro atoms. The summed E-state index contributed by atoms with van der Waals surface area (Å²) in [6, 6.07) is 2.41. The molecule has 2 atom stereocenters. The van der Waals surface area contributed by atoms with E-state index in [9.17, 15) is 0 Å². The second-order valence-corrected chi connectivity index (χ2v) is 5.25. The highest BCUT2D eigenvalue weighted by Crippen LogP contribution is 2.29. The van der Waals surface area contributed by atoms with Crippen LogP contribution in [0.5, 0.6) is 0 Å². The molecule has 2 unspecified atom stereocenters. The predicted octanol–water partition coefficient (Wildman–Crippen LogP) is 2.02. The SMILES string of the molecule is CSc1nc(N)cc(N2CC(C)CC2C)n1. The molecule has 1 aromatic heterocycles. The molecule has 0 bridgehead atoms. The number of aromatic nitrogens is 2. The zero-order valence-electron chi connectivity index (χ0n) is 9.97. The summed E-state index contributed by atoms with van der Waals surface area (Å²) in [4.78, 5) is 11.0. The first kappa shape index (κ1) is 11.5. The van der Waals surface area contributed by atoms with Gasteiger partial charge in [-0.3, -0.25) is 0 Å². The maximum absolute atomic E-state index is 5.79. The standard InChI is InChI=1S/C11H18N4S/c1-7-4-8(2)15(6-7)10-5-9(12)13-11(14-10)16-3/h5,7-8H,4,6H2,1-3H3,(H2,12,13,14). The van der Waals surface area contributed by atoms with E-state index in [0.717, 1.165) is 23.4 Å². The first-order chi connectivity index (χ1) is 7.60. The summed E-state index contributed by atoms with van der Waals surface area (Å²) in [7, 11) is 0. The topological polar surface area (TPSA) is 55.0 Å². The van der Waals surface area contributed by atoms with Crippen LogP contribution in [0.4, 0.5) is 11.6 Å². The highest BCUT2D eigenvalue weighted by atomic mass is 32.2. The van der Waals surface area contributed by atoms with Crippen molar-refractivity contribution >= 4 is 23.4 Å². The molecule has 1 aliphatic rings. The summed E-state index contributed by atoms with van der Waals surface area (Å²) < 4.78 is 0. The second kappa shape index (κ2) is 4.49. The summed E-state index contributed by atoms with van der Waals surface area (Å²) in [5.74, 6) is 2.25. The lowest BCUT2D eigenvalue weighted by Gasteiger charge is -2.22. The summed E-state index contributed by atoms with van der Waals surface area (Å²) in [6.07, 6.45) is 3.19. The zero-order valence-corrected chi connectivity index (χ0v) is 10.8. The molecule has 16 heavy (non-hydrogen) atoms. The van der Waals surface area contributed by atoms with Crippen molar-refractivity contribution in [2.24, 2.45) is 5.92 Å². The maximum atomic E-state index is 5.79. The molecule has 2 heterocycles. The van der Waals surface area contributed by atoms with E-state index in [2.05, 4.69) is 28.7 Å². The van der Waals surface area contributed by atoms with Crippen LogP contribution in [0.15, 0.2) is 11.2 Å². The molecular weight excluding hydrogens is 220 g/mol. The van der Waals surface area contributed by atoms with Crippen LogP contribution in [0.1, 0.15) is 20.3 Å². The molecule has 1 aromatic rings. The maximum Gasteiger partial charge on any atom is 0.191 e. The number of nitrogens with two attached hydrogens (primary N) is 1. The number of nitrogen functional groups attached to an aromatic ring is 1. The van der Waals surface area contributed by atoms with Crippen LogP contribution in [0.3, 0.4) is 0 Å². The van der Waals surface area contributed by atoms with Crippen molar-refractivity contribution < 1.29 is 0 Å². The second-order valence-electron chi connectivity index (χ2n) is 4.48. The van der Waals surface area contributed by atoms with Crippen molar-refractivity contribution in [3.8, 4) is 0 Å². The fourth-order valence-corrected chi connectivity index (χ4v) is 2.67. The molecule has 0 radical (unpaired) electrons. The van der Waals surface area contributed by atoms with E-state index in [1.54, 1.807) is 0 Å². The van der Waals surface area contributed by atoms with E-state index in [1.807, 2.05) is 12.3 Å². The van der Waals surface area contributed by atoms with Gasteiger partial charge in [0.25, 0.3) is 0 Å². The highest BCUT2D eigenvalue weighted by molar-refractivity contribution is 7.98. The monoisotopic (exact) mass is 238 g/mol. The molecule has 4 nitrogen and oxygen atoms in total. The quantitative estimate of drug-likeness (QED) is 0.631. The van der Waals surface area contributed by atoms with Crippen LogP contribution in [-0.4, -0.2) is 28.8 Å². The van der Waals surface area contributed by atoms with Crippen molar-refractivity contribution in [2.45, 2.75) is 31.5 Å². The van der Waals surface area contributed by atoms with Crippen LogP contribution >= 0.6 is 11.8 Å². The summed E-state index contributed by atoms with van der Waals surface area (Å²) in [5, 5.41) is 0.752. The average Bonchev–Trinajstić information content (AvgIpc) is 2.57. The molecule has 0 aromatic carbocycles. The summed E-state index contributed by atoms with van der Waals surface area (Å²) in [6.45, 7) is 5.57. The van der Waals surface area contributed by atoms with Gasteiger partial charge in [-0.2, -0.15) is 0 Å². The van der Waals surface area contributed by atoms with Gasteiger partial charge in [0.15, 0.2) is 5.16 Å². The molecule has 88 valence electrons. The van der Waals surface area contributed by atoms with Gasteiger partial charge < -0.3 is 10.6 Å². The lowest BCUT2D eigenvalue weighted by Crippen LogP contribution is -2.27. The molecule has 0 amide bonds. The fourth-order valence-electron chi connectivity index (χ4n) is 2.29. The predicted molar refractivity (Wildman–Crippen MR) is 68.8 cm³/mol. The van der Waals surface area contributed by atoms with Crippen molar-refractivity contribution in [2.75, 3.05) is 23.4 Å². The minimum absolute atomic E-state index is 0.541. The van der Waals surface area contributed by atoms with Crippen molar-refractivity contribution in [1.29, 1.82) is 0 Å². The van der Waals surface area contributed by atoms with Crippen molar-refractivity contribution in [3.05, 3.63) is 6.07 Å².